The first-order valence-electron chi connectivity index (χ1n) is 12.7. The number of aromatic nitrogens is 2. The number of aryl methyl sites for hydroxylation is 1. The molecule has 37 heavy (non-hydrogen) atoms. The van der Waals surface area contributed by atoms with Crippen LogP contribution >= 0.6 is 11.6 Å². The highest BCUT2D eigenvalue weighted by Crippen LogP contribution is 2.24. The van der Waals surface area contributed by atoms with Crippen LogP contribution < -0.4 is 14.5 Å². The van der Waals surface area contributed by atoms with Gasteiger partial charge in [0.25, 0.3) is 5.91 Å². The number of methoxy groups -OCH3 is 1. The van der Waals surface area contributed by atoms with Crippen molar-refractivity contribution in [3.63, 3.8) is 0 Å². The van der Waals surface area contributed by atoms with E-state index in [0.717, 1.165) is 74.3 Å². The molecule has 9 heteroatoms. The Labute approximate surface area is 223 Å². The summed E-state index contributed by atoms with van der Waals surface area (Å²) in [5.41, 5.74) is 2.98. The van der Waals surface area contributed by atoms with Crippen molar-refractivity contribution in [1.82, 2.24) is 19.8 Å². The Morgan fingerprint density at radius 3 is 2.38 bits per heavy atom. The summed E-state index contributed by atoms with van der Waals surface area (Å²) < 4.78 is 5.20. The van der Waals surface area contributed by atoms with Gasteiger partial charge in [-0.15, -0.1) is 0 Å². The Morgan fingerprint density at radius 2 is 1.70 bits per heavy atom. The van der Waals surface area contributed by atoms with Gasteiger partial charge in [-0.05, 0) is 48.4 Å². The molecular weight excluding hydrogens is 488 g/mol. The molecule has 0 bridgehead atoms. The number of pyridine rings is 2. The van der Waals surface area contributed by atoms with Crippen LogP contribution in [0.2, 0.25) is 5.02 Å². The lowest BCUT2D eigenvalue weighted by atomic mass is 10.0. The minimum absolute atomic E-state index is 0.108. The predicted molar refractivity (Wildman–Crippen MR) is 147 cm³/mol. The number of nitrogens with zero attached hydrogens (tertiary/aromatic N) is 6. The fraction of sp³-hybridized carbons (Fsp3) is 0.393. The van der Waals surface area contributed by atoms with E-state index in [4.69, 9.17) is 16.3 Å². The largest absolute Gasteiger partial charge is 0.495 e. The number of halogens is 1. The molecule has 2 aromatic heterocycles. The molecule has 0 N–H and O–H groups in total. The van der Waals surface area contributed by atoms with Crippen molar-refractivity contribution >= 4 is 29.1 Å². The van der Waals surface area contributed by atoms with Gasteiger partial charge in [-0.1, -0.05) is 23.7 Å². The Bertz CT molecular complexity index is 1220. The van der Waals surface area contributed by atoms with E-state index in [1.807, 2.05) is 36.1 Å². The van der Waals surface area contributed by atoms with Crippen molar-refractivity contribution in [1.29, 1.82) is 0 Å². The quantitative estimate of drug-likeness (QED) is 0.490. The lowest BCUT2D eigenvalue weighted by Crippen LogP contribution is -2.49. The number of anilines is 2. The molecule has 3 aromatic rings. The molecule has 2 aliphatic rings. The van der Waals surface area contributed by atoms with E-state index in [2.05, 4.69) is 42.9 Å². The number of ether oxygens (including phenoxy) is 1. The first kappa shape index (κ1) is 25.3. The third-order valence-corrected chi connectivity index (χ3v) is 7.49. The van der Waals surface area contributed by atoms with E-state index >= 15 is 0 Å². The second-order valence-electron chi connectivity index (χ2n) is 9.56. The molecule has 0 aliphatic carbocycles. The van der Waals surface area contributed by atoms with Crippen LogP contribution in [0.4, 0.5) is 11.6 Å². The highest BCUT2D eigenvalue weighted by atomic mass is 35.5. The summed E-state index contributed by atoms with van der Waals surface area (Å²) in [7, 11) is 1.64. The normalized spacial score (nSPS) is 16.7. The summed E-state index contributed by atoms with van der Waals surface area (Å²) in [4.78, 5) is 31.2. The molecule has 194 valence electrons. The van der Waals surface area contributed by atoms with Gasteiger partial charge in [-0.2, -0.15) is 0 Å². The number of benzene rings is 1. The van der Waals surface area contributed by atoms with E-state index in [-0.39, 0.29) is 5.91 Å². The number of piperazine rings is 2. The zero-order valence-electron chi connectivity index (χ0n) is 21.4. The average Bonchev–Trinajstić information content (AvgIpc) is 2.95. The van der Waals surface area contributed by atoms with E-state index in [0.29, 0.717) is 18.1 Å². The van der Waals surface area contributed by atoms with Gasteiger partial charge in [-0.3, -0.25) is 9.69 Å². The van der Waals surface area contributed by atoms with Crippen LogP contribution in [0.1, 0.15) is 21.5 Å². The smallest absolute Gasteiger partial charge is 0.254 e. The molecule has 0 spiro atoms. The second-order valence-corrected chi connectivity index (χ2v) is 9.96. The van der Waals surface area contributed by atoms with E-state index in [1.165, 1.54) is 5.56 Å². The minimum atomic E-state index is 0.108. The predicted octanol–water partition coefficient (Wildman–Crippen LogP) is 3.73. The molecule has 1 aromatic carbocycles. The summed E-state index contributed by atoms with van der Waals surface area (Å²) in [6.07, 6.45) is 3.52. The first-order chi connectivity index (χ1) is 18.0. The van der Waals surface area contributed by atoms with Gasteiger partial charge in [0.2, 0.25) is 0 Å². The van der Waals surface area contributed by atoms with E-state index in [1.54, 1.807) is 19.5 Å². The Hall–Kier alpha value is -3.36. The van der Waals surface area contributed by atoms with E-state index in [9.17, 15) is 4.79 Å². The number of carbonyl (C=O) groups excluding carboxylic acids is 1. The number of hydrogen-bond acceptors (Lipinski definition) is 7. The van der Waals surface area contributed by atoms with Gasteiger partial charge in [0, 0.05) is 70.7 Å². The molecule has 8 nitrogen and oxygen atoms in total. The van der Waals surface area contributed by atoms with E-state index < -0.39 is 0 Å². The Kier molecular flexibility index (Phi) is 7.76. The number of hydrogen-bond donors (Lipinski definition) is 0. The van der Waals surface area contributed by atoms with Gasteiger partial charge >= 0.3 is 0 Å². The highest BCUT2D eigenvalue weighted by Gasteiger charge is 2.25. The maximum atomic E-state index is 13.5. The van der Waals surface area contributed by atoms with Crippen molar-refractivity contribution in [2.24, 2.45) is 0 Å². The lowest BCUT2D eigenvalue weighted by Gasteiger charge is -2.36. The van der Waals surface area contributed by atoms with Crippen molar-refractivity contribution in [2.45, 2.75) is 13.5 Å². The summed E-state index contributed by atoms with van der Waals surface area (Å²) in [6.45, 7) is 9.30. The van der Waals surface area contributed by atoms with Gasteiger partial charge in [0.1, 0.15) is 17.4 Å². The summed E-state index contributed by atoms with van der Waals surface area (Å²) in [6, 6.07) is 13.9. The monoisotopic (exact) mass is 520 g/mol. The standard InChI is InChI=1S/C28H33ClN6O2/c1-21-5-6-22(20-32-10-12-34(13-11-32)27-25(29)4-3-9-30-27)18-24(21)28(36)35-16-14-33(15-17-35)26-8-7-23(37-2)19-31-26/h3-9,18-19H,10-17,20H2,1-2H3. The lowest BCUT2D eigenvalue weighted by molar-refractivity contribution is 0.0745. The number of carbonyl (C=O) groups is 1. The summed E-state index contributed by atoms with van der Waals surface area (Å²) in [5.74, 6) is 2.62. The molecule has 0 atom stereocenters. The molecule has 5 rings (SSSR count). The number of amides is 1. The number of rotatable bonds is 6. The molecule has 0 unspecified atom stereocenters. The minimum Gasteiger partial charge on any atom is -0.495 e. The first-order valence-corrected chi connectivity index (χ1v) is 13.1. The molecular formula is C28H33ClN6O2. The molecule has 2 saturated heterocycles. The zero-order chi connectivity index (χ0) is 25.8. The van der Waals surface area contributed by atoms with Gasteiger partial charge in [0.15, 0.2) is 0 Å². The molecule has 0 radical (unpaired) electrons. The SMILES string of the molecule is COc1ccc(N2CCN(C(=O)c3cc(CN4CCN(c5ncccc5Cl)CC4)ccc3C)CC2)nc1. The average molecular weight is 521 g/mol. The van der Waals surface area contributed by atoms with Crippen LogP contribution in [-0.4, -0.2) is 85.1 Å². The van der Waals surface area contributed by atoms with Crippen LogP contribution in [0.25, 0.3) is 0 Å². The Balaban J connectivity index is 1.17. The molecule has 2 aliphatic heterocycles. The van der Waals surface area contributed by atoms with Crippen LogP contribution in [0.3, 0.4) is 0 Å². The third-order valence-electron chi connectivity index (χ3n) is 7.20. The highest BCUT2D eigenvalue weighted by molar-refractivity contribution is 6.32. The fourth-order valence-corrected chi connectivity index (χ4v) is 5.21. The van der Waals surface area contributed by atoms with Crippen molar-refractivity contribution in [3.8, 4) is 5.75 Å². The topological polar surface area (TPSA) is 65.0 Å². The maximum Gasteiger partial charge on any atom is 0.254 e. The third kappa shape index (κ3) is 5.81. The van der Waals surface area contributed by atoms with Crippen molar-refractivity contribution < 1.29 is 9.53 Å². The molecule has 2 fully saturated rings. The fourth-order valence-electron chi connectivity index (χ4n) is 4.97. The van der Waals surface area contributed by atoms with Gasteiger partial charge in [-0.25, -0.2) is 9.97 Å². The second kappa shape index (κ2) is 11.4. The van der Waals surface area contributed by atoms with Crippen molar-refractivity contribution in [3.05, 3.63) is 76.6 Å². The zero-order valence-corrected chi connectivity index (χ0v) is 22.2. The summed E-state index contributed by atoms with van der Waals surface area (Å²) in [5, 5.41) is 0.693. The van der Waals surface area contributed by atoms with Crippen LogP contribution in [0, 0.1) is 6.92 Å². The van der Waals surface area contributed by atoms with Gasteiger partial charge in [0.05, 0.1) is 18.3 Å². The van der Waals surface area contributed by atoms with Crippen LogP contribution in [-0.2, 0) is 6.54 Å². The van der Waals surface area contributed by atoms with Crippen LogP contribution in [0.15, 0.2) is 54.9 Å². The Morgan fingerprint density at radius 1 is 0.946 bits per heavy atom. The summed E-state index contributed by atoms with van der Waals surface area (Å²) >= 11 is 6.34. The molecule has 0 saturated carbocycles. The molecule has 1 amide bonds. The van der Waals surface area contributed by atoms with Crippen molar-refractivity contribution in [2.75, 3.05) is 69.3 Å². The maximum absolute atomic E-state index is 13.5. The van der Waals surface area contributed by atoms with Gasteiger partial charge < -0.3 is 19.4 Å². The molecule has 4 heterocycles. The van der Waals surface area contributed by atoms with Crippen LogP contribution in [0.5, 0.6) is 5.75 Å².